The molecule has 0 radical (unpaired) electrons. The van der Waals surface area contributed by atoms with Gasteiger partial charge in [0.1, 0.15) is 0 Å². The summed E-state index contributed by atoms with van der Waals surface area (Å²) in [6.45, 7) is 13.4. The van der Waals surface area contributed by atoms with Gasteiger partial charge in [-0.15, -0.1) is 11.1 Å². The van der Waals surface area contributed by atoms with Gasteiger partial charge in [-0.25, -0.2) is 0 Å². The Morgan fingerprint density at radius 3 is 1.28 bits per heavy atom. The Balaban J connectivity index is -0.000000606. The molecule has 0 bridgehead atoms. The standard InChI is InChI=1S/C14H32N4.2HN3.Ni/c1-11-5-7-15-10-14(4)18-12(2)6-8-16-9-13(3)17-11;2*1-3-2;/h11-18H,5-10H2,1-4H3;2*1H;. The molecule has 0 aliphatic carbocycles. The zero-order chi connectivity index (χ0) is 18.8. The van der Waals surface area contributed by atoms with Gasteiger partial charge in [-0.1, -0.05) is 0 Å². The molecule has 0 aromatic carbocycles. The van der Waals surface area contributed by atoms with Crippen LogP contribution in [0.15, 0.2) is 0 Å². The molecular weight excluding hydrogens is 367 g/mol. The zero-order valence-corrected chi connectivity index (χ0v) is 16.6. The predicted octanol–water partition coefficient (Wildman–Crippen LogP) is 2.44. The molecule has 10 nitrogen and oxygen atoms in total. The fourth-order valence-corrected chi connectivity index (χ4v) is 2.53. The smallest absolute Gasteiger partial charge is 0.0166 e. The maximum absolute atomic E-state index is 6.86. The Bertz CT molecular complexity index is 302. The largest absolute Gasteiger partial charge is 0.315 e. The summed E-state index contributed by atoms with van der Waals surface area (Å²) in [5.74, 6) is 0. The van der Waals surface area contributed by atoms with E-state index in [1.54, 1.807) is 9.82 Å². The first-order valence-electron chi connectivity index (χ1n) is 8.36. The molecule has 4 atom stereocenters. The Morgan fingerprint density at radius 1 is 0.720 bits per heavy atom. The summed E-state index contributed by atoms with van der Waals surface area (Å²) in [7, 11) is 0. The van der Waals surface area contributed by atoms with Crippen molar-refractivity contribution in [1.82, 2.24) is 21.3 Å². The Labute approximate surface area is 161 Å². The molecule has 0 amide bonds. The van der Waals surface area contributed by atoms with Crippen molar-refractivity contribution in [2.75, 3.05) is 26.2 Å². The minimum absolute atomic E-state index is 0. The Morgan fingerprint density at radius 2 is 1.00 bits per heavy atom. The third-order valence-electron chi connectivity index (χ3n) is 3.55. The first-order valence-corrected chi connectivity index (χ1v) is 8.36. The van der Waals surface area contributed by atoms with Crippen LogP contribution in [0.25, 0.3) is 20.9 Å². The second-order valence-electron chi connectivity index (χ2n) is 6.12. The van der Waals surface area contributed by atoms with Gasteiger partial charge in [0.15, 0.2) is 0 Å². The van der Waals surface area contributed by atoms with Gasteiger partial charge >= 0.3 is 0 Å². The molecule has 1 rings (SSSR count). The van der Waals surface area contributed by atoms with Crippen LogP contribution < -0.4 is 21.3 Å². The van der Waals surface area contributed by atoms with Gasteiger partial charge in [-0.3, -0.25) is 0 Å². The molecule has 6 N–H and O–H groups in total. The van der Waals surface area contributed by atoms with E-state index in [9.17, 15) is 0 Å². The number of rotatable bonds is 0. The Hall–Kier alpha value is -1.05. The average Bonchev–Trinajstić information content (AvgIpc) is 2.49. The van der Waals surface area contributed by atoms with Crippen molar-refractivity contribution >= 4 is 0 Å². The van der Waals surface area contributed by atoms with E-state index >= 15 is 0 Å². The molecule has 0 aromatic rings. The van der Waals surface area contributed by atoms with Crippen molar-refractivity contribution in [3.8, 4) is 0 Å². The van der Waals surface area contributed by atoms with Crippen LogP contribution in [-0.4, -0.2) is 50.3 Å². The van der Waals surface area contributed by atoms with Crippen molar-refractivity contribution in [3.63, 3.8) is 0 Å². The molecule has 0 aromatic heterocycles. The monoisotopic (exact) mass is 400 g/mol. The van der Waals surface area contributed by atoms with Crippen molar-refractivity contribution < 1.29 is 16.5 Å². The number of hydrogen-bond donors (Lipinski definition) is 6. The maximum atomic E-state index is 6.86. The minimum Gasteiger partial charge on any atom is -0.315 e. The van der Waals surface area contributed by atoms with E-state index in [1.807, 2.05) is 0 Å². The average molecular weight is 401 g/mol. The van der Waals surface area contributed by atoms with Crippen LogP contribution in [0.3, 0.4) is 0 Å². The van der Waals surface area contributed by atoms with E-state index in [2.05, 4.69) is 49.0 Å². The second kappa shape index (κ2) is 21.0. The summed E-state index contributed by atoms with van der Waals surface area (Å²) in [5, 5.41) is 14.3. The van der Waals surface area contributed by atoms with E-state index in [0.29, 0.717) is 24.2 Å². The van der Waals surface area contributed by atoms with Gasteiger partial charge in [0.05, 0.1) is 0 Å². The van der Waals surface area contributed by atoms with Crippen LogP contribution in [0.4, 0.5) is 0 Å². The third-order valence-corrected chi connectivity index (χ3v) is 3.55. The second-order valence-corrected chi connectivity index (χ2v) is 6.12. The van der Waals surface area contributed by atoms with Crippen molar-refractivity contribution in [3.05, 3.63) is 20.9 Å². The topological polar surface area (TPSA) is 169 Å². The van der Waals surface area contributed by atoms with Gasteiger partial charge in [0.25, 0.3) is 0 Å². The number of nitrogens with zero attached hydrogens (tertiary/aromatic N) is 4. The maximum Gasteiger partial charge on any atom is 0.0166 e. The van der Waals surface area contributed by atoms with Crippen molar-refractivity contribution in [1.29, 1.82) is 11.1 Å². The molecule has 1 aliphatic heterocycles. The van der Waals surface area contributed by atoms with Crippen LogP contribution in [-0.2, 0) is 16.5 Å². The summed E-state index contributed by atoms with van der Waals surface area (Å²) >= 11 is 0. The van der Waals surface area contributed by atoms with Gasteiger partial charge in [-0.2, -0.15) is 0 Å². The normalized spacial score (nSPS) is 28.0. The van der Waals surface area contributed by atoms with Crippen molar-refractivity contribution in [2.24, 2.45) is 0 Å². The van der Waals surface area contributed by atoms with E-state index < -0.39 is 0 Å². The predicted molar refractivity (Wildman–Crippen MR) is 98.0 cm³/mol. The first-order chi connectivity index (χ1) is 11.4. The van der Waals surface area contributed by atoms with E-state index in [4.69, 9.17) is 22.1 Å². The van der Waals surface area contributed by atoms with E-state index in [0.717, 1.165) is 26.2 Å². The van der Waals surface area contributed by atoms with Crippen LogP contribution in [0.1, 0.15) is 40.5 Å². The fourth-order valence-electron chi connectivity index (χ4n) is 2.53. The SMILES string of the molecule is CC1CCNCC(C)NC(C)CCNCC(C)N1.[N-]=[N+]=N.[N-]=[N+]=N.[Ni]. The molecule has 0 spiro atoms. The van der Waals surface area contributed by atoms with E-state index in [1.165, 1.54) is 12.8 Å². The molecule has 1 aliphatic rings. The first kappa shape index (κ1) is 28.7. The molecule has 1 fully saturated rings. The molecule has 25 heavy (non-hydrogen) atoms. The Kier molecular flexibility index (Phi) is 24.1. The van der Waals surface area contributed by atoms with Gasteiger partial charge in [0, 0.05) is 53.7 Å². The van der Waals surface area contributed by atoms with Gasteiger partial charge < -0.3 is 21.3 Å². The molecule has 0 saturated carbocycles. The minimum atomic E-state index is 0. The summed E-state index contributed by atoms with van der Waals surface area (Å²) in [4.78, 5) is 3.50. The molecule has 1 saturated heterocycles. The zero-order valence-electron chi connectivity index (χ0n) is 15.7. The molecule has 11 heteroatoms. The third kappa shape index (κ3) is 23.0. The van der Waals surface area contributed by atoms with Crippen LogP contribution in [0, 0.1) is 11.1 Å². The van der Waals surface area contributed by atoms with Crippen molar-refractivity contribution in [2.45, 2.75) is 64.7 Å². The molecule has 1 heterocycles. The number of hydrogen-bond acceptors (Lipinski definition) is 6. The summed E-state index contributed by atoms with van der Waals surface area (Å²) in [6.07, 6.45) is 2.37. The fraction of sp³-hybridized carbons (Fsp3) is 1.00. The van der Waals surface area contributed by atoms with Crippen LogP contribution in [0.5, 0.6) is 0 Å². The molecule has 4 unspecified atom stereocenters. The molecule has 150 valence electrons. The quantitative estimate of drug-likeness (QED) is 0.159. The number of nitrogens with one attached hydrogen (secondary N) is 6. The summed E-state index contributed by atoms with van der Waals surface area (Å²) < 4.78 is 0. The van der Waals surface area contributed by atoms with Crippen LogP contribution >= 0.6 is 0 Å². The van der Waals surface area contributed by atoms with Gasteiger partial charge in [-0.05, 0) is 74.5 Å². The van der Waals surface area contributed by atoms with Gasteiger partial charge in [0.2, 0.25) is 0 Å². The van der Waals surface area contributed by atoms with Crippen LogP contribution in [0.2, 0.25) is 0 Å². The summed E-state index contributed by atoms with van der Waals surface area (Å²) in [6, 6.07) is 2.26. The van der Waals surface area contributed by atoms with E-state index in [-0.39, 0.29) is 16.5 Å². The summed E-state index contributed by atoms with van der Waals surface area (Å²) in [5.41, 5.74) is 24.5. The molecular formula is C14H34N10Ni.